The Morgan fingerprint density at radius 1 is 1.06 bits per heavy atom. The number of hydrazone groups is 1. The number of nitrogens with zero attached hydrogens (tertiary/aromatic N) is 3. The molecule has 2 N–H and O–H groups in total. The second-order valence-electron chi connectivity index (χ2n) is 6.60. The highest BCUT2D eigenvalue weighted by Crippen LogP contribution is 2.15. The van der Waals surface area contributed by atoms with E-state index in [4.69, 9.17) is 11.6 Å². The summed E-state index contributed by atoms with van der Waals surface area (Å²) in [4.78, 5) is 32.9. The van der Waals surface area contributed by atoms with Crippen LogP contribution in [0.2, 0.25) is 5.02 Å². The van der Waals surface area contributed by atoms with Crippen LogP contribution in [0.5, 0.6) is 0 Å². The third kappa shape index (κ3) is 7.20. The SMILES string of the molecule is Cc1cc(C)nc(SCC(=O)N/N=C/c2cccc(NC(=O)c3ccc(Cl)cc3)c2)n1. The number of hydrogen-bond donors (Lipinski definition) is 2. The Labute approximate surface area is 189 Å². The number of rotatable bonds is 7. The van der Waals surface area contributed by atoms with E-state index in [1.165, 1.54) is 18.0 Å². The van der Waals surface area contributed by atoms with E-state index in [9.17, 15) is 9.59 Å². The molecule has 2 amide bonds. The Hall–Kier alpha value is -3.23. The first-order valence-corrected chi connectivity index (χ1v) is 10.7. The molecule has 0 bridgehead atoms. The monoisotopic (exact) mass is 453 g/mol. The van der Waals surface area contributed by atoms with Crippen LogP contribution in [-0.4, -0.2) is 33.7 Å². The van der Waals surface area contributed by atoms with Gasteiger partial charge in [0.1, 0.15) is 0 Å². The zero-order valence-corrected chi connectivity index (χ0v) is 18.5. The number of carbonyl (C=O) groups excluding carboxylic acids is 2. The summed E-state index contributed by atoms with van der Waals surface area (Å²) >= 11 is 7.09. The molecule has 3 aromatic rings. The van der Waals surface area contributed by atoms with Crippen LogP contribution in [0.4, 0.5) is 5.69 Å². The molecule has 0 aliphatic rings. The molecule has 2 aromatic carbocycles. The first-order valence-electron chi connectivity index (χ1n) is 9.33. The standard InChI is InChI=1S/C22H20ClN5O2S/c1-14-10-15(2)26-22(25-14)31-13-20(29)28-24-12-16-4-3-5-19(11-16)27-21(30)17-6-8-18(23)9-7-17/h3-12H,13H2,1-2H3,(H,27,30)(H,28,29)/b24-12+. The van der Waals surface area contributed by atoms with Gasteiger partial charge in [-0.3, -0.25) is 9.59 Å². The Kier molecular flexibility index (Phi) is 7.75. The summed E-state index contributed by atoms with van der Waals surface area (Å²) in [6.07, 6.45) is 1.51. The van der Waals surface area contributed by atoms with Gasteiger partial charge in [0.2, 0.25) is 0 Å². The predicted octanol–water partition coefficient (Wildman–Crippen LogP) is 4.24. The van der Waals surface area contributed by atoms with Gasteiger partial charge in [0.15, 0.2) is 5.16 Å². The van der Waals surface area contributed by atoms with Crippen LogP contribution < -0.4 is 10.7 Å². The fraction of sp³-hybridized carbons (Fsp3) is 0.136. The van der Waals surface area contributed by atoms with Gasteiger partial charge in [0.05, 0.1) is 12.0 Å². The average molecular weight is 454 g/mol. The second kappa shape index (κ2) is 10.7. The Morgan fingerprint density at radius 3 is 2.48 bits per heavy atom. The van der Waals surface area contributed by atoms with E-state index in [1.54, 1.807) is 42.5 Å². The van der Waals surface area contributed by atoms with E-state index in [2.05, 4.69) is 25.8 Å². The van der Waals surface area contributed by atoms with Crippen molar-refractivity contribution in [2.75, 3.05) is 11.1 Å². The summed E-state index contributed by atoms with van der Waals surface area (Å²) in [6, 6.07) is 15.6. The van der Waals surface area contributed by atoms with Crippen molar-refractivity contribution >= 4 is 47.1 Å². The number of hydrogen-bond acceptors (Lipinski definition) is 6. The number of amides is 2. The molecular formula is C22H20ClN5O2S. The quantitative estimate of drug-likeness (QED) is 0.241. The molecule has 0 aliphatic carbocycles. The second-order valence-corrected chi connectivity index (χ2v) is 7.98. The van der Waals surface area contributed by atoms with E-state index in [0.717, 1.165) is 17.0 Å². The summed E-state index contributed by atoms with van der Waals surface area (Å²) in [5.41, 5.74) is 6.02. The van der Waals surface area contributed by atoms with Crippen molar-refractivity contribution in [1.82, 2.24) is 15.4 Å². The normalized spacial score (nSPS) is 10.8. The zero-order valence-electron chi connectivity index (χ0n) is 16.9. The summed E-state index contributed by atoms with van der Waals surface area (Å²) < 4.78 is 0. The first kappa shape index (κ1) is 22.5. The minimum atomic E-state index is -0.267. The van der Waals surface area contributed by atoms with Gasteiger partial charge < -0.3 is 5.32 Å². The number of benzene rings is 2. The van der Waals surface area contributed by atoms with Crippen molar-refractivity contribution in [3.05, 3.63) is 82.1 Å². The maximum Gasteiger partial charge on any atom is 0.255 e. The fourth-order valence-corrected chi connectivity index (χ4v) is 3.47. The number of aryl methyl sites for hydroxylation is 2. The van der Waals surface area contributed by atoms with Crippen LogP contribution in [0.3, 0.4) is 0 Å². The van der Waals surface area contributed by atoms with Gasteiger partial charge in [-0.25, -0.2) is 15.4 Å². The van der Waals surface area contributed by atoms with E-state index < -0.39 is 0 Å². The predicted molar refractivity (Wildman–Crippen MR) is 124 cm³/mol. The fourth-order valence-electron chi connectivity index (χ4n) is 2.60. The molecule has 158 valence electrons. The van der Waals surface area contributed by atoms with Crippen molar-refractivity contribution in [3.63, 3.8) is 0 Å². The Bertz CT molecular complexity index is 1100. The lowest BCUT2D eigenvalue weighted by Crippen LogP contribution is -2.19. The van der Waals surface area contributed by atoms with E-state index >= 15 is 0 Å². The van der Waals surface area contributed by atoms with E-state index in [1.807, 2.05) is 26.0 Å². The van der Waals surface area contributed by atoms with E-state index in [0.29, 0.717) is 21.4 Å². The van der Waals surface area contributed by atoms with Crippen LogP contribution in [0.15, 0.2) is 64.9 Å². The van der Waals surface area contributed by atoms with Crippen LogP contribution >= 0.6 is 23.4 Å². The summed E-state index contributed by atoms with van der Waals surface area (Å²) in [6.45, 7) is 3.77. The highest BCUT2D eigenvalue weighted by atomic mass is 35.5. The molecule has 0 fully saturated rings. The largest absolute Gasteiger partial charge is 0.322 e. The lowest BCUT2D eigenvalue weighted by atomic mass is 10.2. The molecule has 0 spiro atoms. The maximum absolute atomic E-state index is 12.3. The van der Waals surface area contributed by atoms with E-state index in [-0.39, 0.29) is 17.6 Å². The molecule has 9 heteroatoms. The third-order valence-corrected chi connectivity index (χ3v) is 5.05. The minimum absolute atomic E-state index is 0.150. The Balaban J connectivity index is 1.52. The number of aromatic nitrogens is 2. The van der Waals surface area contributed by atoms with Gasteiger partial charge in [-0.2, -0.15) is 5.10 Å². The highest BCUT2D eigenvalue weighted by Gasteiger charge is 2.07. The lowest BCUT2D eigenvalue weighted by Gasteiger charge is -2.06. The van der Waals surface area contributed by atoms with Gasteiger partial charge >= 0.3 is 0 Å². The van der Waals surface area contributed by atoms with Gasteiger partial charge in [0.25, 0.3) is 11.8 Å². The Morgan fingerprint density at radius 2 is 1.77 bits per heavy atom. The molecule has 0 atom stereocenters. The minimum Gasteiger partial charge on any atom is -0.322 e. The molecule has 0 unspecified atom stereocenters. The summed E-state index contributed by atoms with van der Waals surface area (Å²) in [5.74, 6) is -0.363. The summed E-state index contributed by atoms with van der Waals surface area (Å²) in [5, 5.41) is 7.91. The van der Waals surface area contributed by atoms with Gasteiger partial charge in [0, 0.05) is 27.7 Å². The van der Waals surface area contributed by atoms with Crippen molar-refractivity contribution in [2.45, 2.75) is 19.0 Å². The molecule has 0 radical (unpaired) electrons. The summed E-state index contributed by atoms with van der Waals surface area (Å²) in [7, 11) is 0. The molecule has 0 aliphatic heterocycles. The van der Waals surface area contributed by atoms with Gasteiger partial charge in [-0.1, -0.05) is 35.5 Å². The average Bonchev–Trinajstić information content (AvgIpc) is 2.72. The highest BCUT2D eigenvalue weighted by molar-refractivity contribution is 7.99. The van der Waals surface area contributed by atoms with Crippen LogP contribution in [-0.2, 0) is 4.79 Å². The topological polar surface area (TPSA) is 96.3 Å². The smallest absolute Gasteiger partial charge is 0.255 e. The van der Waals surface area contributed by atoms with Gasteiger partial charge in [-0.15, -0.1) is 0 Å². The van der Waals surface area contributed by atoms with Crippen molar-refractivity contribution in [2.24, 2.45) is 5.10 Å². The molecule has 0 saturated carbocycles. The molecule has 1 aromatic heterocycles. The lowest BCUT2D eigenvalue weighted by molar-refractivity contribution is -0.118. The first-order chi connectivity index (χ1) is 14.9. The molecule has 7 nitrogen and oxygen atoms in total. The zero-order chi connectivity index (χ0) is 22.2. The van der Waals surface area contributed by atoms with Crippen LogP contribution in [0.25, 0.3) is 0 Å². The van der Waals surface area contributed by atoms with Crippen LogP contribution in [0.1, 0.15) is 27.3 Å². The molecule has 1 heterocycles. The van der Waals surface area contributed by atoms with Gasteiger partial charge in [-0.05, 0) is 61.9 Å². The van der Waals surface area contributed by atoms with Crippen molar-refractivity contribution in [3.8, 4) is 0 Å². The van der Waals surface area contributed by atoms with Crippen molar-refractivity contribution < 1.29 is 9.59 Å². The molecule has 31 heavy (non-hydrogen) atoms. The third-order valence-electron chi connectivity index (χ3n) is 3.95. The number of carbonyl (C=O) groups is 2. The molecular weight excluding hydrogens is 434 g/mol. The maximum atomic E-state index is 12.3. The number of thioether (sulfide) groups is 1. The van der Waals surface area contributed by atoms with Crippen LogP contribution in [0, 0.1) is 13.8 Å². The molecule has 3 rings (SSSR count). The molecule has 0 saturated heterocycles. The number of anilines is 1. The van der Waals surface area contributed by atoms with Crippen molar-refractivity contribution in [1.29, 1.82) is 0 Å². The number of nitrogens with one attached hydrogen (secondary N) is 2. The number of halogens is 1.